The van der Waals surface area contributed by atoms with Gasteiger partial charge in [-0.25, -0.2) is 0 Å². The van der Waals surface area contributed by atoms with Gasteiger partial charge in [0.1, 0.15) is 18.0 Å². The molecule has 3 aliphatic rings. The topological polar surface area (TPSA) is 115 Å². The smallest absolute Gasteiger partial charge is 0.255 e. The maximum atomic E-state index is 12.9. The zero-order chi connectivity index (χ0) is 26.8. The van der Waals surface area contributed by atoms with Crippen LogP contribution >= 0.6 is 0 Å². The largest absolute Gasteiger partial charge is 0.487 e. The zero-order valence-electron chi connectivity index (χ0n) is 21.3. The molecule has 6 rings (SSSR count). The number of hydrogen-bond acceptors (Lipinski definition) is 7. The number of aliphatic hydroxyl groups excluding tert-OH is 1. The van der Waals surface area contributed by atoms with Crippen molar-refractivity contribution < 1.29 is 33.6 Å². The molecule has 202 valence electrons. The molecule has 0 aromatic heterocycles. The Morgan fingerprint density at radius 2 is 1.77 bits per heavy atom. The van der Waals surface area contributed by atoms with Crippen molar-refractivity contribution in [1.82, 2.24) is 5.32 Å². The Kier molecular flexibility index (Phi) is 7.08. The van der Waals surface area contributed by atoms with E-state index in [1.807, 2.05) is 42.5 Å². The summed E-state index contributed by atoms with van der Waals surface area (Å²) in [6, 6.07) is 20.6. The summed E-state index contributed by atoms with van der Waals surface area (Å²) < 4.78 is 22.9. The summed E-state index contributed by atoms with van der Waals surface area (Å²) in [6.45, 7) is 0.473. The molecule has 3 aromatic rings. The lowest BCUT2D eigenvalue weighted by Crippen LogP contribution is -2.47. The molecule has 39 heavy (non-hydrogen) atoms. The van der Waals surface area contributed by atoms with Crippen molar-refractivity contribution in [3.63, 3.8) is 0 Å². The van der Waals surface area contributed by atoms with Gasteiger partial charge < -0.3 is 34.7 Å². The third-order valence-corrected chi connectivity index (χ3v) is 7.38. The summed E-state index contributed by atoms with van der Waals surface area (Å²) in [5, 5.41) is 15.9. The number of nitrogens with one attached hydrogen (secondary N) is 2. The fourth-order valence-corrected chi connectivity index (χ4v) is 5.48. The maximum absolute atomic E-state index is 12.9. The van der Waals surface area contributed by atoms with E-state index < -0.39 is 6.10 Å². The van der Waals surface area contributed by atoms with E-state index in [0.29, 0.717) is 41.5 Å². The van der Waals surface area contributed by atoms with Crippen LogP contribution < -0.4 is 24.8 Å². The quantitative estimate of drug-likeness (QED) is 0.409. The Morgan fingerprint density at radius 3 is 2.62 bits per heavy atom. The molecular formula is C30H30N2O7. The Hall–Kier alpha value is -4.08. The minimum Gasteiger partial charge on any atom is -0.487 e. The second-order valence-electron chi connectivity index (χ2n) is 9.97. The van der Waals surface area contributed by atoms with Gasteiger partial charge in [-0.05, 0) is 54.8 Å². The van der Waals surface area contributed by atoms with E-state index in [4.69, 9.17) is 18.9 Å². The van der Waals surface area contributed by atoms with Crippen molar-refractivity contribution in [2.45, 2.75) is 43.5 Å². The average Bonchev–Trinajstić information content (AvgIpc) is 3.57. The Balaban J connectivity index is 1.10. The van der Waals surface area contributed by atoms with Crippen LogP contribution in [0, 0.1) is 0 Å². The number of carbonyl (C=O) groups excluding carboxylic acids is 2. The molecular weight excluding hydrogens is 500 g/mol. The number of carbonyl (C=O) groups is 2. The van der Waals surface area contributed by atoms with Crippen LogP contribution in [0.15, 0.2) is 66.7 Å². The number of aliphatic hydroxyl groups is 1. The van der Waals surface area contributed by atoms with Gasteiger partial charge in [0.15, 0.2) is 11.5 Å². The van der Waals surface area contributed by atoms with E-state index in [0.717, 1.165) is 17.5 Å². The lowest BCUT2D eigenvalue weighted by molar-refractivity contribution is -0.142. The number of fused-ring (bicyclic) bond motifs is 4. The number of hydrogen-bond donors (Lipinski definition) is 3. The highest BCUT2D eigenvalue weighted by Gasteiger charge is 2.46. The first-order valence-corrected chi connectivity index (χ1v) is 13.2. The van der Waals surface area contributed by atoms with Gasteiger partial charge in [0.05, 0.1) is 19.1 Å². The molecule has 0 aliphatic carbocycles. The molecule has 1 fully saturated rings. The summed E-state index contributed by atoms with van der Waals surface area (Å²) in [5.74, 6) is 1.42. The monoisotopic (exact) mass is 530 g/mol. The molecule has 3 aromatic carbocycles. The minimum absolute atomic E-state index is 0.0737. The first-order chi connectivity index (χ1) is 19.1. The molecule has 0 unspecified atom stereocenters. The fraction of sp³-hybridized carbons (Fsp3) is 0.333. The van der Waals surface area contributed by atoms with Gasteiger partial charge in [-0.1, -0.05) is 30.3 Å². The maximum Gasteiger partial charge on any atom is 0.255 e. The Bertz CT molecular complexity index is 1360. The van der Waals surface area contributed by atoms with Crippen molar-refractivity contribution in [3.05, 3.63) is 83.4 Å². The van der Waals surface area contributed by atoms with Gasteiger partial charge in [0.2, 0.25) is 12.7 Å². The molecule has 2 amide bonds. The molecule has 4 atom stereocenters. The van der Waals surface area contributed by atoms with Crippen molar-refractivity contribution in [2.24, 2.45) is 0 Å². The van der Waals surface area contributed by atoms with Crippen molar-refractivity contribution in [3.8, 4) is 17.2 Å². The molecule has 1 saturated heterocycles. The first kappa shape index (κ1) is 25.2. The summed E-state index contributed by atoms with van der Waals surface area (Å²) in [6.07, 6.45) is 0.252. The van der Waals surface area contributed by atoms with Gasteiger partial charge in [-0.15, -0.1) is 0 Å². The molecule has 0 spiro atoms. The Labute approximate surface area is 226 Å². The van der Waals surface area contributed by atoms with Crippen molar-refractivity contribution in [2.75, 3.05) is 25.3 Å². The van der Waals surface area contributed by atoms with Crippen LogP contribution in [0.4, 0.5) is 5.69 Å². The van der Waals surface area contributed by atoms with Crippen LogP contribution in [0.2, 0.25) is 0 Å². The molecule has 0 radical (unpaired) electrons. The van der Waals surface area contributed by atoms with Gasteiger partial charge in [0.25, 0.3) is 5.91 Å². The van der Waals surface area contributed by atoms with E-state index in [1.165, 1.54) is 0 Å². The van der Waals surface area contributed by atoms with Gasteiger partial charge >= 0.3 is 0 Å². The molecule has 9 heteroatoms. The van der Waals surface area contributed by atoms with Gasteiger partial charge in [-0.3, -0.25) is 9.59 Å². The van der Waals surface area contributed by atoms with E-state index in [-0.39, 0.29) is 49.8 Å². The molecule has 3 N–H and O–H groups in total. The number of ether oxygens (including phenoxy) is 4. The third kappa shape index (κ3) is 5.41. The van der Waals surface area contributed by atoms with Crippen molar-refractivity contribution in [1.29, 1.82) is 0 Å². The SMILES string of the molecule is O=C(C[C@H]1C[C@H]2c3cc(NC(=O)c4ccc5c(c4)OCO5)ccc3O[C@H]2[C@@H](CO)O1)NCCc1ccccc1. The summed E-state index contributed by atoms with van der Waals surface area (Å²) in [7, 11) is 0. The molecule has 9 nitrogen and oxygen atoms in total. The summed E-state index contributed by atoms with van der Waals surface area (Å²) >= 11 is 0. The minimum atomic E-state index is -0.551. The number of benzene rings is 3. The summed E-state index contributed by atoms with van der Waals surface area (Å²) in [5.41, 5.74) is 3.18. The van der Waals surface area contributed by atoms with Gasteiger partial charge in [0, 0.05) is 29.3 Å². The van der Waals surface area contributed by atoms with E-state index in [9.17, 15) is 14.7 Å². The molecule has 0 saturated carbocycles. The van der Waals surface area contributed by atoms with Crippen LogP contribution in [-0.4, -0.2) is 55.2 Å². The molecule has 3 heterocycles. The first-order valence-electron chi connectivity index (χ1n) is 13.2. The van der Waals surface area contributed by atoms with Gasteiger partial charge in [-0.2, -0.15) is 0 Å². The number of amides is 2. The fourth-order valence-electron chi connectivity index (χ4n) is 5.48. The second kappa shape index (κ2) is 11.0. The average molecular weight is 531 g/mol. The van der Waals surface area contributed by atoms with E-state index in [1.54, 1.807) is 24.3 Å². The molecule has 3 aliphatic heterocycles. The zero-order valence-corrected chi connectivity index (χ0v) is 21.3. The molecule has 0 bridgehead atoms. The van der Waals surface area contributed by atoms with Crippen molar-refractivity contribution >= 4 is 17.5 Å². The number of rotatable bonds is 8. The Morgan fingerprint density at radius 1 is 0.949 bits per heavy atom. The van der Waals surface area contributed by atoms with Crippen LogP contribution in [0.3, 0.4) is 0 Å². The second-order valence-corrected chi connectivity index (χ2v) is 9.97. The van der Waals surface area contributed by atoms with Crippen LogP contribution in [-0.2, 0) is 16.0 Å². The summed E-state index contributed by atoms with van der Waals surface area (Å²) in [4.78, 5) is 25.6. The predicted molar refractivity (Wildman–Crippen MR) is 142 cm³/mol. The lowest BCUT2D eigenvalue weighted by Gasteiger charge is -2.37. The lowest BCUT2D eigenvalue weighted by atomic mass is 9.84. The highest BCUT2D eigenvalue weighted by atomic mass is 16.7. The highest BCUT2D eigenvalue weighted by Crippen LogP contribution is 2.47. The highest BCUT2D eigenvalue weighted by molar-refractivity contribution is 6.04. The normalized spacial score (nSPS) is 22.4. The number of anilines is 1. The van der Waals surface area contributed by atoms with E-state index in [2.05, 4.69) is 10.6 Å². The van der Waals surface area contributed by atoms with Crippen LogP contribution in [0.5, 0.6) is 17.2 Å². The third-order valence-electron chi connectivity index (χ3n) is 7.38. The van der Waals surface area contributed by atoms with Crippen LogP contribution in [0.25, 0.3) is 0 Å². The standard InChI is InChI=1S/C30H30N2O7/c33-16-27-29-23(14-21(38-27)15-28(34)31-11-10-18-4-2-1-3-5-18)22-13-20(7-9-24(22)39-29)32-30(35)19-6-8-25-26(12-19)37-17-36-25/h1-9,12-13,21,23,27,29,33H,10-11,14-17H2,(H,31,34)(H,32,35)/t21-,23+,27-,29-/m1/s1. The van der Waals surface area contributed by atoms with E-state index >= 15 is 0 Å². The predicted octanol–water partition coefficient (Wildman–Crippen LogP) is 3.41. The van der Waals surface area contributed by atoms with Crippen LogP contribution in [0.1, 0.15) is 40.2 Å².